The average molecular weight is 458 g/mol. The topological polar surface area (TPSA) is 87.7 Å². The molecule has 0 aromatic heterocycles. The van der Waals surface area contributed by atoms with Crippen LogP contribution in [0.2, 0.25) is 0 Å². The third-order valence-corrected chi connectivity index (χ3v) is 6.75. The lowest BCUT2D eigenvalue weighted by atomic mass is 9.92. The third-order valence-electron chi connectivity index (χ3n) is 6.75. The van der Waals surface area contributed by atoms with E-state index in [1.165, 1.54) is 11.3 Å². The summed E-state index contributed by atoms with van der Waals surface area (Å²) < 4.78 is 5.34. The van der Waals surface area contributed by atoms with Crippen molar-refractivity contribution in [1.29, 1.82) is 0 Å². The summed E-state index contributed by atoms with van der Waals surface area (Å²) in [4.78, 5) is 40.9. The van der Waals surface area contributed by atoms with E-state index in [-0.39, 0.29) is 36.5 Å². The summed E-state index contributed by atoms with van der Waals surface area (Å²) in [6.07, 6.45) is 9.42. The predicted molar refractivity (Wildman–Crippen MR) is 128 cm³/mol. The molecule has 2 aliphatic rings. The number of alkyl carbamates (subject to hydrolysis) is 1. The fourth-order valence-electron chi connectivity index (χ4n) is 4.83. The Hall–Kier alpha value is -2.57. The number of urea groups is 1. The maximum Gasteiger partial charge on any atom is 0.408 e. The summed E-state index contributed by atoms with van der Waals surface area (Å²) in [5.41, 5.74) is 0.871. The van der Waals surface area contributed by atoms with Crippen LogP contribution in [0, 0.1) is 5.92 Å². The number of imide groups is 1. The summed E-state index contributed by atoms with van der Waals surface area (Å²) >= 11 is 0. The summed E-state index contributed by atoms with van der Waals surface area (Å²) in [6.45, 7) is 3.87. The molecular formula is C26H39N3O4. The number of benzene rings is 1. The van der Waals surface area contributed by atoms with Gasteiger partial charge in [0.05, 0.1) is 0 Å². The third kappa shape index (κ3) is 7.47. The molecule has 0 spiro atoms. The smallest absolute Gasteiger partial charge is 0.408 e. The van der Waals surface area contributed by atoms with Crippen LogP contribution in [0.4, 0.5) is 9.59 Å². The Labute approximate surface area is 197 Å². The van der Waals surface area contributed by atoms with Crippen molar-refractivity contribution in [2.75, 3.05) is 0 Å². The number of carbonyl (C=O) groups is 3. The maximum absolute atomic E-state index is 13.7. The second-order valence-electron chi connectivity index (χ2n) is 9.71. The molecule has 0 bridgehead atoms. The molecule has 3 rings (SSSR count). The largest absolute Gasteiger partial charge is 0.445 e. The molecule has 0 radical (unpaired) electrons. The summed E-state index contributed by atoms with van der Waals surface area (Å²) in [6, 6.07) is 8.25. The van der Waals surface area contributed by atoms with Gasteiger partial charge in [-0.25, -0.2) is 9.59 Å². The zero-order valence-corrected chi connectivity index (χ0v) is 20.1. The van der Waals surface area contributed by atoms with Crippen LogP contribution in [0.3, 0.4) is 0 Å². The van der Waals surface area contributed by atoms with Gasteiger partial charge in [0, 0.05) is 12.1 Å². The zero-order valence-electron chi connectivity index (χ0n) is 20.1. The molecule has 33 heavy (non-hydrogen) atoms. The van der Waals surface area contributed by atoms with Gasteiger partial charge in [-0.15, -0.1) is 0 Å². The number of carbonyl (C=O) groups excluding carboxylic acids is 3. The minimum Gasteiger partial charge on any atom is -0.445 e. The van der Waals surface area contributed by atoms with Crippen LogP contribution in [0.25, 0.3) is 0 Å². The molecule has 4 amide bonds. The molecule has 2 aliphatic carbocycles. The summed E-state index contributed by atoms with van der Waals surface area (Å²) in [5.74, 6) is -0.530. The Kier molecular flexibility index (Phi) is 9.58. The van der Waals surface area contributed by atoms with Crippen LogP contribution in [-0.2, 0) is 16.1 Å². The van der Waals surface area contributed by atoms with Crippen LogP contribution >= 0.6 is 0 Å². The average Bonchev–Trinajstić information content (AvgIpc) is 2.83. The van der Waals surface area contributed by atoms with E-state index < -0.39 is 12.1 Å². The number of hydrogen-bond donors (Lipinski definition) is 2. The molecule has 1 aromatic carbocycles. The lowest BCUT2D eigenvalue weighted by molar-refractivity contribution is -0.133. The quantitative estimate of drug-likeness (QED) is 0.593. The van der Waals surface area contributed by atoms with Crippen molar-refractivity contribution in [2.24, 2.45) is 5.92 Å². The van der Waals surface area contributed by atoms with Gasteiger partial charge in [-0.2, -0.15) is 0 Å². The molecule has 1 atom stereocenters. The molecule has 2 fully saturated rings. The highest BCUT2D eigenvalue weighted by atomic mass is 16.5. The van der Waals surface area contributed by atoms with Crippen LogP contribution < -0.4 is 10.6 Å². The van der Waals surface area contributed by atoms with Gasteiger partial charge < -0.3 is 15.4 Å². The Morgan fingerprint density at radius 2 is 1.55 bits per heavy atom. The SMILES string of the molecule is CC(C)C(NC(=O)OCc1ccccc1)C(=O)N(C(=O)NC1CCCCC1)C1CCCCC1. The molecular weight excluding hydrogens is 418 g/mol. The monoisotopic (exact) mass is 457 g/mol. The van der Waals surface area contributed by atoms with Crippen LogP contribution in [0.1, 0.15) is 83.6 Å². The Morgan fingerprint density at radius 1 is 0.939 bits per heavy atom. The first-order chi connectivity index (χ1) is 16.0. The molecule has 1 aromatic rings. The lowest BCUT2D eigenvalue weighted by Gasteiger charge is -2.37. The van der Waals surface area contributed by atoms with Gasteiger partial charge in [0.25, 0.3) is 5.91 Å². The standard InChI is InChI=1S/C26H39N3O4/c1-19(2)23(28-26(32)33-18-20-12-6-3-7-13-20)24(30)29(22-16-10-5-11-17-22)25(31)27-21-14-8-4-9-15-21/h3,6-7,12-13,19,21-23H,4-5,8-11,14-18H2,1-2H3,(H,27,31)(H,28,32). The van der Waals surface area contributed by atoms with Crippen molar-refractivity contribution >= 4 is 18.0 Å². The highest BCUT2D eigenvalue weighted by molar-refractivity contribution is 5.99. The Morgan fingerprint density at radius 3 is 2.15 bits per heavy atom. The highest BCUT2D eigenvalue weighted by Crippen LogP contribution is 2.25. The number of nitrogens with one attached hydrogen (secondary N) is 2. The van der Waals surface area contributed by atoms with Crippen molar-refractivity contribution in [3.05, 3.63) is 35.9 Å². The summed E-state index contributed by atoms with van der Waals surface area (Å²) in [7, 11) is 0. The van der Waals surface area contributed by atoms with Gasteiger partial charge in [-0.3, -0.25) is 9.69 Å². The lowest BCUT2D eigenvalue weighted by Crippen LogP contribution is -2.59. The van der Waals surface area contributed by atoms with Gasteiger partial charge >= 0.3 is 12.1 Å². The van der Waals surface area contributed by atoms with Crippen LogP contribution in [-0.4, -0.2) is 41.1 Å². The van der Waals surface area contributed by atoms with Crippen LogP contribution in [0.5, 0.6) is 0 Å². The van der Waals surface area contributed by atoms with Gasteiger partial charge in [0.1, 0.15) is 12.6 Å². The van der Waals surface area contributed by atoms with E-state index in [9.17, 15) is 14.4 Å². The van der Waals surface area contributed by atoms with E-state index in [4.69, 9.17) is 4.74 Å². The molecule has 0 heterocycles. The van der Waals surface area contributed by atoms with E-state index in [0.29, 0.717) is 0 Å². The molecule has 0 aliphatic heterocycles. The zero-order chi connectivity index (χ0) is 23.6. The molecule has 2 N–H and O–H groups in total. The molecule has 7 heteroatoms. The van der Waals surface area contributed by atoms with Gasteiger partial charge in [-0.05, 0) is 37.2 Å². The molecule has 7 nitrogen and oxygen atoms in total. The van der Waals surface area contributed by atoms with E-state index in [1.807, 2.05) is 44.2 Å². The number of rotatable bonds is 7. The minimum absolute atomic E-state index is 0.117. The normalized spacial score (nSPS) is 18.4. The first-order valence-corrected chi connectivity index (χ1v) is 12.6. The fourth-order valence-corrected chi connectivity index (χ4v) is 4.83. The van der Waals surface area contributed by atoms with E-state index in [0.717, 1.165) is 63.4 Å². The van der Waals surface area contributed by atoms with Gasteiger partial charge in [-0.1, -0.05) is 82.7 Å². The van der Waals surface area contributed by atoms with E-state index in [2.05, 4.69) is 10.6 Å². The first-order valence-electron chi connectivity index (χ1n) is 12.6. The molecule has 182 valence electrons. The van der Waals surface area contributed by atoms with Crippen molar-refractivity contribution in [1.82, 2.24) is 15.5 Å². The molecule has 2 saturated carbocycles. The second kappa shape index (κ2) is 12.6. The van der Waals surface area contributed by atoms with E-state index in [1.54, 1.807) is 0 Å². The number of amides is 4. The second-order valence-corrected chi connectivity index (χ2v) is 9.71. The van der Waals surface area contributed by atoms with Crippen molar-refractivity contribution < 1.29 is 19.1 Å². The predicted octanol–water partition coefficient (Wildman–Crippen LogP) is 5.14. The maximum atomic E-state index is 13.7. The van der Waals surface area contributed by atoms with Gasteiger partial charge in [0.2, 0.25) is 0 Å². The minimum atomic E-state index is -0.827. The van der Waals surface area contributed by atoms with E-state index >= 15 is 0 Å². The fraction of sp³-hybridized carbons (Fsp3) is 0.654. The number of hydrogen-bond acceptors (Lipinski definition) is 4. The van der Waals surface area contributed by atoms with Crippen LogP contribution in [0.15, 0.2) is 30.3 Å². The highest BCUT2D eigenvalue weighted by Gasteiger charge is 2.38. The van der Waals surface area contributed by atoms with Crippen molar-refractivity contribution in [3.8, 4) is 0 Å². The summed E-state index contributed by atoms with van der Waals surface area (Å²) in [5, 5.41) is 5.85. The van der Waals surface area contributed by atoms with Crippen molar-refractivity contribution in [2.45, 2.75) is 103 Å². The Balaban J connectivity index is 1.68. The van der Waals surface area contributed by atoms with Gasteiger partial charge in [0.15, 0.2) is 0 Å². The number of ether oxygens (including phenoxy) is 1. The number of nitrogens with zero attached hydrogens (tertiary/aromatic N) is 1. The first kappa shape index (κ1) is 25.1. The molecule has 0 saturated heterocycles. The Bertz CT molecular complexity index is 771. The van der Waals surface area contributed by atoms with Crippen molar-refractivity contribution in [3.63, 3.8) is 0 Å². The molecule has 1 unspecified atom stereocenters.